The molecule has 0 heterocycles. The molecule has 0 radical (unpaired) electrons. The third kappa shape index (κ3) is 6.59. The molecule has 0 saturated heterocycles. The molecule has 0 N–H and O–H groups in total. The molecular weight excluding hydrogens is 414 g/mol. The Morgan fingerprint density at radius 2 is 1.35 bits per heavy atom. The van der Waals surface area contributed by atoms with Gasteiger partial charge in [0.1, 0.15) is 0 Å². The molecule has 2 fully saturated rings. The summed E-state index contributed by atoms with van der Waals surface area (Å²) in [6.45, 7) is 0. The van der Waals surface area contributed by atoms with Gasteiger partial charge in [0.2, 0.25) is 0 Å². The summed E-state index contributed by atoms with van der Waals surface area (Å²) in [5.74, 6) is 1.48. The molecule has 0 aliphatic heterocycles. The van der Waals surface area contributed by atoms with Crippen LogP contribution in [0.15, 0.2) is 18.2 Å². The molecule has 0 amide bonds. The lowest BCUT2D eigenvalue weighted by Gasteiger charge is -2.38. The zero-order valence-corrected chi connectivity index (χ0v) is 20.5. The van der Waals surface area contributed by atoms with Crippen molar-refractivity contribution < 1.29 is 22.1 Å². The first kappa shape index (κ1) is 24.8. The van der Waals surface area contributed by atoms with Crippen LogP contribution in [-0.4, -0.2) is 30.1 Å². The standard InChI is InChI=1S/C25H40F2O3Si/c1-28-31(29-2,30-3)17-5-4-6-19-7-9-20(10-8-19)21-11-13-22(14-12-21)23-15-16-24(26)25(27)18-23/h15-16,18-22H,4-14,17H2,1-3H3. The molecule has 31 heavy (non-hydrogen) atoms. The van der Waals surface area contributed by atoms with Crippen molar-refractivity contribution in [3.8, 4) is 0 Å². The van der Waals surface area contributed by atoms with E-state index in [0.717, 1.165) is 48.6 Å². The summed E-state index contributed by atoms with van der Waals surface area (Å²) in [5.41, 5.74) is 0.976. The van der Waals surface area contributed by atoms with Crippen LogP contribution in [0.5, 0.6) is 0 Å². The number of unbranched alkanes of at least 4 members (excludes halogenated alkanes) is 1. The summed E-state index contributed by atoms with van der Waals surface area (Å²) in [5, 5.41) is 0. The monoisotopic (exact) mass is 454 g/mol. The van der Waals surface area contributed by atoms with Gasteiger partial charge < -0.3 is 13.3 Å². The maximum Gasteiger partial charge on any atom is 0.500 e. The predicted molar refractivity (Wildman–Crippen MR) is 122 cm³/mol. The molecule has 1 aromatic rings. The van der Waals surface area contributed by atoms with E-state index in [4.69, 9.17) is 13.3 Å². The lowest BCUT2D eigenvalue weighted by molar-refractivity contribution is 0.122. The second-order valence-corrected chi connectivity index (χ2v) is 12.7. The fraction of sp³-hybridized carbons (Fsp3) is 0.760. The Morgan fingerprint density at radius 3 is 1.90 bits per heavy atom. The molecule has 0 bridgehead atoms. The minimum atomic E-state index is -2.41. The average Bonchev–Trinajstić information content (AvgIpc) is 2.82. The van der Waals surface area contributed by atoms with Crippen molar-refractivity contribution in [2.75, 3.05) is 21.3 Å². The summed E-state index contributed by atoms with van der Waals surface area (Å²) in [6.07, 6.45) is 13.8. The highest BCUT2D eigenvalue weighted by Crippen LogP contribution is 2.44. The smallest absolute Gasteiger partial charge is 0.377 e. The van der Waals surface area contributed by atoms with Crippen molar-refractivity contribution >= 4 is 8.80 Å². The van der Waals surface area contributed by atoms with E-state index in [2.05, 4.69) is 0 Å². The van der Waals surface area contributed by atoms with Crippen LogP contribution in [0.4, 0.5) is 8.78 Å². The van der Waals surface area contributed by atoms with Crippen molar-refractivity contribution in [2.24, 2.45) is 17.8 Å². The van der Waals surface area contributed by atoms with Crippen LogP contribution in [-0.2, 0) is 13.3 Å². The maximum atomic E-state index is 13.6. The Kier molecular flexibility index (Phi) is 9.50. The van der Waals surface area contributed by atoms with Gasteiger partial charge in [0.05, 0.1) is 0 Å². The third-order valence-corrected chi connectivity index (χ3v) is 10.9. The van der Waals surface area contributed by atoms with Gasteiger partial charge in [-0.05, 0) is 86.3 Å². The van der Waals surface area contributed by atoms with Gasteiger partial charge in [-0.2, -0.15) is 0 Å². The second kappa shape index (κ2) is 11.9. The largest absolute Gasteiger partial charge is 0.500 e. The van der Waals surface area contributed by atoms with Gasteiger partial charge in [0.25, 0.3) is 0 Å². The first-order valence-electron chi connectivity index (χ1n) is 12.1. The number of hydrogen-bond acceptors (Lipinski definition) is 3. The molecular formula is C25H40F2O3Si. The highest BCUT2D eigenvalue weighted by molar-refractivity contribution is 6.60. The summed E-state index contributed by atoms with van der Waals surface area (Å²) >= 11 is 0. The summed E-state index contributed by atoms with van der Waals surface area (Å²) in [4.78, 5) is 0. The quantitative estimate of drug-likeness (QED) is 0.279. The lowest BCUT2D eigenvalue weighted by Crippen LogP contribution is -2.42. The van der Waals surface area contributed by atoms with E-state index < -0.39 is 20.4 Å². The van der Waals surface area contributed by atoms with Crippen LogP contribution in [0.1, 0.15) is 82.1 Å². The van der Waals surface area contributed by atoms with E-state index in [0.29, 0.717) is 5.92 Å². The molecule has 0 spiro atoms. The van der Waals surface area contributed by atoms with Crippen molar-refractivity contribution in [3.63, 3.8) is 0 Å². The average molecular weight is 455 g/mol. The normalized spacial score (nSPS) is 27.4. The Hall–Kier alpha value is -0.823. The lowest BCUT2D eigenvalue weighted by atomic mass is 9.68. The van der Waals surface area contributed by atoms with E-state index in [1.165, 1.54) is 63.5 Å². The van der Waals surface area contributed by atoms with Gasteiger partial charge in [-0.25, -0.2) is 8.78 Å². The number of hydrogen-bond donors (Lipinski definition) is 0. The van der Waals surface area contributed by atoms with Crippen molar-refractivity contribution in [1.82, 2.24) is 0 Å². The highest BCUT2D eigenvalue weighted by atomic mass is 28.4. The first-order valence-corrected chi connectivity index (χ1v) is 14.0. The molecule has 1 aromatic carbocycles. The van der Waals surface area contributed by atoms with E-state index in [-0.39, 0.29) is 0 Å². The SMILES string of the molecule is CO[Si](CCCCC1CCC(C2CCC(c3ccc(F)c(F)c3)CC2)CC1)(OC)OC. The first-order chi connectivity index (χ1) is 15.0. The number of halogens is 2. The zero-order valence-electron chi connectivity index (χ0n) is 19.5. The minimum Gasteiger partial charge on any atom is -0.377 e. The topological polar surface area (TPSA) is 27.7 Å². The van der Waals surface area contributed by atoms with Gasteiger partial charge in [0, 0.05) is 27.4 Å². The minimum absolute atomic E-state index is 0.393. The van der Waals surface area contributed by atoms with Crippen LogP contribution in [0.3, 0.4) is 0 Å². The molecule has 0 aromatic heterocycles. The van der Waals surface area contributed by atoms with Gasteiger partial charge in [-0.3, -0.25) is 0 Å². The molecule has 3 rings (SSSR count). The molecule has 2 saturated carbocycles. The summed E-state index contributed by atoms with van der Waals surface area (Å²) in [7, 11) is 2.65. The van der Waals surface area contributed by atoms with Crippen LogP contribution >= 0.6 is 0 Å². The zero-order chi connectivity index (χ0) is 22.3. The Labute approximate surface area is 188 Å². The van der Waals surface area contributed by atoms with Crippen LogP contribution in [0, 0.1) is 29.4 Å². The third-order valence-electron chi connectivity index (χ3n) is 8.02. The molecule has 176 valence electrons. The van der Waals surface area contributed by atoms with Gasteiger partial charge in [-0.1, -0.05) is 31.7 Å². The maximum absolute atomic E-state index is 13.6. The fourth-order valence-corrected chi connectivity index (χ4v) is 7.76. The Balaban J connectivity index is 1.34. The van der Waals surface area contributed by atoms with Crippen molar-refractivity contribution in [2.45, 2.75) is 82.6 Å². The van der Waals surface area contributed by atoms with Crippen LogP contribution < -0.4 is 0 Å². The van der Waals surface area contributed by atoms with Crippen molar-refractivity contribution in [1.29, 1.82) is 0 Å². The summed E-state index contributed by atoms with van der Waals surface area (Å²) in [6, 6.07) is 5.35. The van der Waals surface area contributed by atoms with E-state index in [1.807, 2.05) is 0 Å². The van der Waals surface area contributed by atoms with E-state index in [1.54, 1.807) is 27.4 Å². The molecule has 2 aliphatic rings. The van der Waals surface area contributed by atoms with Gasteiger partial charge in [0.15, 0.2) is 11.6 Å². The fourth-order valence-electron chi connectivity index (χ4n) is 5.97. The predicted octanol–water partition coefficient (Wildman–Crippen LogP) is 7.09. The Morgan fingerprint density at radius 1 is 0.774 bits per heavy atom. The van der Waals surface area contributed by atoms with E-state index >= 15 is 0 Å². The van der Waals surface area contributed by atoms with Crippen LogP contribution in [0.25, 0.3) is 0 Å². The van der Waals surface area contributed by atoms with Crippen LogP contribution in [0.2, 0.25) is 6.04 Å². The van der Waals surface area contributed by atoms with Gasteiger partial charge in [-0.15, -0.1) is 0 Å². The molecule has 6 heteroatoms. The second-order valence-electron chi connectivity index (χ2n) is 9.61. The van der Waals surface area contributed by atoms with Gasteiger partial charge >= 0.3 is 8.80 Å². The molecule has 3 nitrogen and oxygen atoms in total. The molecule has 2 aliphatic carbocycles. The number of benzene rings is 1. The molecule has 0 atom stereocenters. The molecule has 0 unspecified atom stereocenters. The highest BCUT2D eigenvalue weighted by Gasteiger charge is 2.37. The van der Waals surface area contributed by atoms with Crippen molar-refractivity contribution in [3.05, 3.63) is 35.4 Å². The van der Waals surface area contributed by atoms with E-state index in [9.17, 15) is 8.78 Å². The Bertz CT molecular complexity index is 658. The summed E-state index contributed by atoms with van der Waals surface area (Å²) < 4.78 is 43.3. The number of rotatable bonds is 10.